The fraction of sp³-hybridized carbons (Fsp3) is 0.167. The molecule has 0 aliphatic rings. The number of rotatable bonds is 6. The van der Waals surface area contributed by atoms with E-state index in [1.807, 2.05) is 30.3 Å². The predicted octanol–water partition coefficient (Wildman–Crippen LogP) is 4.26. The molecule has 2 aromatic carbocycles. The van der Waals surface area contributed by atoms with Gasteiger partial charge in [0.25, 0.3) is 5.89 Å². The third kappa shape index (κ3) is 4.21. The molecule has 0 radical (unpaired) electrons. The molecule has 0 spiro atoms. The van der Waals surface area contributed by atoms with Crippen LogP contribution in [0.1, 0.15) is 29.3 Å². The van der Waals surface area contributed by atoms with E-state index in [0.29, 0.717) is 5.89 Å². The summed E-state index contributed by atoms with van der Waals surface area (Å²) in [5, 5.41) is 7.82. The summed E-state index contributed by atoms with van der Waals surface area (Å²) in [5.74, 6) is -0.235. The molecule has 6 nitrogen and oxygen atoms in total. The van der Waals surface area contributed by atoms with E-state index >= 15 is 0 Å². The van der Waals surface area contributed by atoms with Crippen LogP contribution in [0.5, 0.6) is 5.75 Å². The first-order valence-corrected chi connectivity index (χ1v) is 7.67. The molecule has 1 atom stereocenters. The first-order chi connectivity index (χ1) is 12.5. The summed E-state index contributed by atoms with van der Waals surface area (Å²) in [6, 6.07) is 14.3. The second-order valence-corrected chi connectivity index (χ2v) is 5.26. The van der Waals surface area contributed by atoms with E-state index in [1.54, 1.807) is 6.92 Å². The SMILES string of the molecule is C[C@H](OC(=O)c1ccc(OC(F)F)cc1)c1nnc(-c2ccccc2)o1. The molecule has 0 aliphatic carbocycles. The summed E-state index contributed by atoms with van der Waals surface area (Å²) in [7, 11) is 0. The Hall–Kier alpha value is -3.29. The molecule has 1 aromatic heterocycles. The minimum atomic E-state index is -2.93. The number of hydrogen-bond donors (Lipinski definition) is 0. The maximum absolute atomic E-state index is 12.1. The molecular weight excluding hydrogens is 346 g/mol. The first kappa shape index (κ1) is 17.5. The van der Waals surface area contributed by atoms with Gasteiger partial charge >= 0.3 is 12.6 Å². The molecule has 0 saturated carbocycles. The smallest absolute Gasteiger partial charge is 0.387 e. The van der Waals surface area contributed by atoms with Crippen LogP contribution in [0.4, 0.5) is 8.78 Å². The molecule has 1 heterocycles. The summed E-state index contributed by atoms with van der Waals surface area (Å²) in [5.41, 5.74) is 0.931. The second kappa shape index (κ2) is 7.73. The molecule has 0 unspecified atom stereocenters. The van der Waals surface area contributed by atoms with E-state index in [4.69, 9.17) is 9.15 Å². The molecule has 0 bridgehead atoms. The standard InChI is InChI=1S/C18H14F2N2O4/c1-11(15-21-22-16(26-15)12-5-3-2-4-6-12)24-17(23)13-7-9-14(10-8-13)25-18(19)20/h2-11,18H,1H3/t11-/m0/s1. The fourth-order valence-corrected chi connectivity index (χ4v) is 2.15. The summed E-state index contributed by atoms with van der Waals surface area (Å²) in [6.45, 7) is -1.33. The quantitative estimate of drug-likeness (QED) is 0.612. The van der Waals surface area contributed by atoms with Gasteiger partial charge in [-0.25, -0.2) is 4.79 Å². The van der Waals surface area contributed by atoms with E-state index < -0.39 is 18.7 Å². The van der Waals surface area contributed by atoms with Gasteiger partial charge in [-0.1, -0.05) is 18.2 Å². The van der Waals surface area contributed by atoms with Crippen LogP contribution in [0.2, 0.25) is 0 Å². The summed E-state index contributed by atoms with van der Waals surface area (Å²) >= 11 is 0. The van der Waals surface area contributed by atoms with E-state index in [2.05, 4.69) is 14.9 Å². The van der Waals surface area contributed by atoms with Crippen molar-refractivity contribution in [2.75, 3.05) is 0 Å². The van der Waals surface area contributed by atoms with Gasteiger partial charge in [0.1, 0.15) is 5.75 Å². The molecule has 0 aliphatic heterocycles. The topological polar surface area (TPSA) is 74.5 Å². The van der Waals surface area contributed by atoms with Crippen molar-refractivity contribution in [2.24, 2.45) is 0 Å². The van der Waals surface area contributed by atoms with Crippen molar-refractivity contribution >= 4 is 5.97 Å². The van der Waals surface area contributed by atoms with Gasteiger partial charge in [-0.3, -0.25) is 0 Å². The van der Waals surface area contributed by atoms with E-state index in [9.17, 15) is 13.6 Å². The van der Waals surface area contributed by atoms with Crippen molar-refractivity contribution in [3.8, 4) is 17.2 Å². The Kier molecular flexibility index (Phi) is 5.21. The molecule has 3 rings (SSSR count). The van der Waals surface area contributed by atoms with Crippen LogP contribution < -0.4 is 4.74 Å². The zero-order valence-corrected chi connectivity index (χ0v) is 13.6. The molecule has 0 fully saturated rings. The number of carbonyl (C=O) groups is 1. The second-order valence-electron chi connectivity index (χ2n) is 5.26. The van der Waals surface area contributed by atoms with Crippen LogP contribution in [0.25, 0.3) is 11.5 Å². The van der Waals surface area contributed by atoms with Gasteiger partial charge < -0.3 is 13.9 Å². The maximum Gasteiger partial charge on any atom is 0.387 e. The summed E-state index contributed by atoms with van der Waals surface area (Å²) in [4.78, 5) is 12.1. The van der Waals surface area contributed by atoms with Crippen molar-refractivity contribution in [1.29, 1.82) is 0 Å². The molecular formula is C18H14F2N2O4. The Balaban J connectivity index is 1.65. The third-order valence-corrected chi connectivity index (χ3v) is 3.41. The number of esters is 1. The number of alkyl halides is 2. The highest BCUT2D eigenvalue weighted by Crippen LogP contribution is 2.23. The van der Waals surface area contributed by atoms with Gasteiger partial charge in [-0.2, -0.15) is 8.78 Å². The van der Waals surface area contributed by atoms with Crippen molar-refractivity contribution < 1.29 is 27.5 Å². The Labute approximate surface area is 147 Å². The normalized spacial score (nSPS) is 12.0. The average molecular weight is 360 g/mol. The fourth-order valence-electron chi connectivity index (χ4n) is 2.15. The number of benzene rings is 2. The van der Waals surface area contributed by atoms with E-state index in [0.717, 1.165) is 5.56 Å². The highest BCUT2D eigenvalue weighted by molar-refractivity contribution is 5.89. The molecule has 0 saturated heterocycles. The van der Waals surface area contributed by atoms with Gasteiger partial charge in [-0.05, 0) is 43.3 Å². The van der Waals surface area contributed by atoms with Crippen molar-refractivity contribution in [3.63, 3.8) is 0 Å². The van der Waals surface area contributed by atoms with Crippen LogP contribution in [0, 0.1) is 0 Å². The van der Waals surface area contributed by atoms with Gasteiger partial charge in [0.05, 0.1) is 5.56 Å². The molecule has 0 amide bonds. The molecule has 134 valence electrons. The molecule has 8 heteroatoms. The lowest BCUT2D eigenvalue weighted by Crippen LogP contribution is -2.10. The zero-order valence-electron chi connectivity index (χ0n) is 13.6. The number of hydrogen-bond acceptors (Lipinski definition) is 6. The first-order valence-electron chi connectivity index (χ1n) is 7.67. The minimum Gasteiger partial charge on any atom is -0.449 e. The maximum atomic E-state index is 12.1. The largest absolute Gasteiger partial charge is 0.449 e. The van der Waals surface area contributed by atoms with Crippen molar-refractivity contribution in [1.82, 2.24) is 10.2 Å². The number of carbonyl (C=O) groups excluding carboxylic acids is 1. The Morgan fingerprint density at radius 2 is 1.73 bits per heavy atom. The van der Waals surface area contributed by atoms with Gasteiger partial charge in [-0.15, -0.1) is 10.2 Å². The highest BCUT2D eigenvalue weighted by Gasteiger charge is 2.20. The Morgan fingerprint density at radius 3 is 2.38 bits per heavy atom. The number of ether oxygens (including phenoxy) is 2. The lowest BCUT2D eigenvalue weighted by molar-refractivity contribution is -0.0498. The lowest BCUT2D eigenvalue weighted by Gasteiger charge is -2.10. The van der Waals surface area contributed by atoms with Gasteiger partial charge in [0, 0.05) is 5.56 Å². The summed E-state index contributed by atoms with van der Waals surface area (Å²) < 4.78 is 39.3. The molecule has 0 N–H and O–H groups in total. The Bertz CT molecular complexity index is 866. The average Bonchev–Trinajstić information content (AvgIpc) is 3.13. The third-order valence-electron chi connectivity index (χ3n) is 3.41. The van der Waals surface area contributed by atoms with Gasteiger partial charge in [0.2, 0.25) is 5.89 Å². The van der Waals surface area contributed by atoms with Crippen LogP contribution >= 0.6 is 0 Å². The number of aromatic nitrogens is 2. The summed E-state index contributed by atoms with van der Waals surface area (Å²) in [6.07, 6.45) is -0.774. The number of halogens is 2. The number of nitrogens with zero attached hydrogens (tertiary/aromatic N) is 2. The predicted molar refractivity (Wildman–Crippen MR) is 86.6 cm³/mol. The van der Waals surface area contributed by atoms with Crippen LogP contribution in [0.3, 0.4) is 0 Å². The zero-order chi connectivity index (χ0) is 18.5. The van der Waals surface area contributed by atoms with E-state index in [-0.39, 0.29) is 17.2 Å². The molecule has 3 aromatic rings. The highest BCUT2D eigenvalue weighted by atomic mass is 19.3. The van der Waals surface area contributed by atoms with Crippen LogP contribution in [0.15, 0.2) is 59.0 Å². The lowest BCUT2D eigenvalue weighted by atomic mass is 10.2. The van der Waals surface area contributed by atoms with Gasteiger partial charge in [0.15, 0.2) is 6.10 Å². The van der Waals surface area contributed by atoms with Crippen LogP contribution in [-0.2, 0) is 4.74 Å². The van der Waals surface area contributed by atoms with Crippen LogP contribution in [-0.4, -0.2) is 22.8 Å². The monoisotopic (exact) mass is 360 g/mol. The minimum absolute atomic E-state index is 0.0472. The van der Waals surface area contributed by atoms with Crippen molar-refractivity contribution in [2.45, 2.75) is 19.6 Å². The van der Waals surface area contributed by atoms with E-state index in [1.165, 1.54) is 24.3 Å². The van der Waals surface area contributed by atoms with Crippen molar-refractivity contribution in [3.05, 3.63) is 66.1 Å². The molecule has 26 heavy (non-hydrogen) atoms. The Morgan fingerprint density at radius 1 is 1.04 bits per heavy atom.